The lowest BCUT2D eigenvalue weighted by Gasteiger charge is -2.07. The van der Waals surface area contributed by atoms with E-state index in [4.69, 9.17) is 0 Å². The molecule has 2 rings (SSSR count). The Labute approximate surface area is 133 Å². The number of hydrogen-bond acceptors (Lipinski definition) is 5. The molecule has 114 valence electrons. The van der Waals surface area contributed by atoms with Crippen molar-refractivity contribution in [3.05, 3.63) is 50.6 Å². The first-order valence-corrected chi connectivity index (χ1v) is 6.76. The van der Waals surface area contributed by atoms with Gasteiger partial charge in [-0.1, -0.05) is 6.08 Å². The van der Waals surface area contributed by atoms with E-state index in [1.165, 1.54) is 12.2 Å². The summed E-state index contributed by atoms with van der Waals surface area (Å²) in [6.45, 7) is 3.48. The van der Waals surface area contributed by atoms with Crippen molar-refractivity contribution in [2.45, 2.75) is 0 Å². The minimum absolute atomic E-state index is 0.0326. The molecule has 1 aromatic carbocycles. The molecule has 1 fully saturated rings. The van der Waals surface area contributed by atoms with Crippen LogP contribution >= 0.6 is 15.9 Å². The molecule has 1 heterocycles. The highest BCUT2D eigenvalue weighted by atomic mass is 79.9. The number of carbonyl (C=O) groups excluding carboxylic acids is 2. The van der Waals surface area contributed by atoms with Crippen LogP contribution in [-0.4, -0.2) is 33.4 Å². The normalized spacial score (nSPS) is 16.0. The highest BCUT2D eigenvalue weighted by Gasteiger charge is 2.32. The van der Waals surface area contributed by atoms with Crippen molar-refractivity contribution in [3.63, 3.8) is 0 Å². The number of benzene rings is 1. The van der Waals surface area contributed by atoms with E-state index >= 15 is 0 Å². The van der Waals surface area contributed by atoms with Gasteiger partial charge in [0.15, 0.2) is 0 Å². The Morgan fingerprint density at radius 3 is 2.73 bits per heavy atom. The Balaban J connectivity index is 2.46. The SMILES string of the molecule is C=CCN1C(=O)N/C(=C/c2cc([N+](=O)[O-])cc(Br)c2O)C1=O. The van der Waals surface area contributed by atoms with Gasteiger partial charge < -0.3 is 10.4 Å². The van der Waals surface area contributed by atoms with Crippen LogP contribution in [-0.2, 0) is 4.79 Å². The van der Waals surface area contributed by atoms with Gasteiger partial charge in [0.25, 0.3) is 11.6 Å². The largest absolute Gasteiger partial charge is 0.506 e. The summed E-state index contributed by atoms with van der Waals surface area (Å²) in [6, 6.07) is 1.61. The van der Waals surface area contributed by atoms with E-state index in [1.807, 2.05) is 0 Å². The number of nitrogens with zero attached hydrogens (tertiary/aromatic N) is 2. The second kappa shape index (κ2) is 5.98. The third kappa shape index (κ3) is 2.84. The smallest absolute Gasteiger partial charge is 0.329 e. The van der Waals surface area contributed by atoms with E-state index in [0.29, 0.717) is 0 Å². The molecule has 3 amide bonds. The lowest BCUT2D eigenvalue weighted by atomic mass is 10.1. The highest BCUT2D eigenvalue weighted by Crippen LogP contribution is 2.34. The molecule has 2 N–H and O–H groups in total. The number of phenols is 1. The average molecular weight is 368 g/mol. The minimum Gasteiger partial charge on any atom is -0.506 e. The fourth-order valence-electron chi connectivity index (χ4n) is 1.84. The molecule has 9 heteroatoms. The van der Waals surface area contributed by atoms with Gasteiger partial charge in [-0.2, -0.15) is 0 Å². The second-order valence-corrected chi connectivity index (χ2v) is 5.17. The summed E-state index contributed by atoms with van der Waals surface area (Å²) in [4.78, 5) is 34.8. The van der Waals surface area contributed by atoms with Crippen LogP contribution in [0.15, 0.2) is 35.0 Å². The van der Waals surface area contributed by atoms with Gasteiger partial charge in [-0.15, -0.1) is 6.58 Å². The fraction of sp³-hybridized carbons (Fsp3) is 0.0769. The number of nitro benzene ring substituents is 1. The van der Waals surface area contributed by atoms with Gasteiger partial charge in [0.1, 0.15) is 11.4 Å². The molecule has 1 aliphatic rings. The van der Waals surface area contributed by atoms with Crippen LogP contribution in [0.5, 0.6) is 5.75 Å². The van der Waals surface area contributed by atoms with Crippen molar-refractivity contribution in [1.29, 1.82) is 0 Å². The number of urea groups is 1. The number of imide groups is 1. The van der Waals surface area contributed by atoms with Crippen molar-refractivity contribution < 1.29 is 19.6 Å². The zero-order valence-electron chi connectivity index (χ0n) is 11.1. The number of nitrogens with one attached hydrogen (secondary N) is 1. The first-order valence-electron chi connectivity index (χ1n) is 5.97. The molecular weight excluding hydrogens is 358 g/mol. The maximum absolute atomic E-state index is 12.0. The lowest BCUT2D eigenvalue weighted by molar-refractivity contribution is -0.385. The lowest BCUT2D eigenvalue weighted by Crippen LogP contribution is -2.30. The van der Waals surface area contributed by atoms with E-state index in [-0.39, 0.29) is 33.7 Å². The van der Waals surface area contributed by atoms with E-state index in [1.54, 1.807) is 0 Å². The Kier molecular flexibility index (Phi) is 4.27. The molecular formula is C13H10BrN3O5. The van der Waals surface area contributed by atoms with Crippen molar-refractivity contribution in [2.75, 3.05) is 6.54 Å². The molecule has 0 aliphatic carbocycles. The first-order chi connectivity index (χ1) is 10.3. The molecule has 0 atom stereocenters. The summed E-state index contributed by atoms with van der Waals surface area (Å²) in [7, 11) is 0. The van der Waals surface area contributed by atoms with Gasteiger partial charge in [-0.25, -0.2) is 4.79 Å². The number of amides is 3. The first kappa shape index (κ1) is 15.7. The average Bonchev–Trinajstić information content (AvgIpc) is 2.71. The Hall–Kier alpha value is -2.68. The van der Waals surface area contributed by atoms with Gasteiger partial charge in [-0.05, 0) is 22.0 Å². The van der Waals surface area contributed by atoms with Crippen molar-refractivity contribution in [1.82, 2.24) is 10.2 Å². The molecule has 0 aromatic heterocycles. The summed E-state index contributed by atoms with van der Waals surface area (Å²) in [5.41, 5.74) is -0.323. The van der Waals surface area contributed by atoms with Gasteiger partial charge >= 0.3 is 6.03 Å². The number of aromatic hydroxyl groups is 1. The van der Waals surface area contributed by atoms with E-state index in [9.17, 15) is 24.8 Å². The molecule has 22 heavy (non-hydrogen) atoms. The van der Waals surface area contributed by atoms with Crippen LogP contribution in [0.4, 0.5) is 10.5 Å². The molecule has 0 bridgehead atoms. The number of halogens is 1. The molecule has 1 aromatic rings. The Morgan fingerprint density at radius 2 is 2.14 bits per heavy atom. The van der Waals surface area contributed by atoms with Gasteiger partial charge in [0, 0.05) is 24.2 Å². The van der Waals surface area contributed by atoms with Crippen LogP contribution in [0, 0.1) is 10.1 Å². The van der Waals surface area contributed by atoms with Gasteiger partial charge in [0.05, 0.1) is 9.40 Å². The van der Waals surface area contributed by atoms with Crippen LogP contribution in [0.2, 0.25) is 0 Å². The summed E-state index contributed by atoms with van der Waals surface area (Å²) in [5, 5.41) is 23.1. The summed E-state index contributed by atoms with van der Waals surface area (Å²) < 4.78 is 0.105. The molecule has 1 aliphatic heterocycles. The number of phenolic OH excluding ortho intramolecular Hbond substituents is 1. The van der Waals surface area contributed by atoms with Crippen molar-refractivity contribution >= 4 is 39.6 Å². The second-order valence-electron chi connectivity index (χ2n) is 4.32. The zero-order chi connectivity index (χ0) is 16.4. The highest BCUT2D eigenvalue weighted by molar-refractivity contribution is 9.10. The predicted octanol–water partition coefficient (Wildman–Crippen LogP) is 2.14. The summed E-state index contributed by atoms with van der Waals surface area (Å²) in [6.07, 6.45) is 2.57. The van der Waals surface area contributed by atoms with E-state index in [2.05, 4.69) is 27.8 Å². The van der Waals surface area contributed by atoms with Crippen LogP contribution in [0.3, 0.4) is 0 Å². The fourth-order valence-corrected chi connectivity index (χ4v) is 2.31. The Bertz CT molecular complexity index is 729. The van der Waals surface area contributed by atoms with Crippen LogP contribution < -0.4 is 5.32 Å². The van der Waals surface area contributed by atoms with Crippen molar-refractivity contribution in [2.24, 2.45) is 0 Å². The number of nitro groups is 1. The monoisotopic (exact) mass is 367 g/mol. The summed E-state index contributed by atoms with van der Waals surface area (Å²) in [5.74, 6) is -0.880. The number of hydrogen-bond donors (Lipinski definition) is 2. The summed E-state index contributed by atoms with van der Waals surface area (Å²) >= 11 is 3.00. The van der Waals surface area contributed by atoms with Gasteiger partial charge in [-0.3, -0.25) is 19.8 Å². The molecule has 0 saturated carbocycles. The standard InChI is InChI=1S/C13H10BrN3O5/c1-2-3-16-12(19)10(15-13(16)20)5-7-4-8(17(21)22)6-9(14)11(7)18/h2,4-6,18H,1,3H2,(H,15,20)/b10-5+. The number of non-ortho nitro benzene ring substituents is 1. The number of carbonyl (C=O) groups is 2. The maximum Gasteiger partial charge on any atom is 0.329 e. The third-order valence-electron chi connectivity index (χ3n) is 2.86. The topological polar surface area (TPSA) is 113 Å². The third-order valence-corrected chi connectivity index (χ3v) is 3.47. The maximum atomic E-state index is 12.0. The molecule has 1 saturated heterocycles. The van der Waals surface area contributed by atoms with Crippen LogP contribution in [0.1, 0.15) is 5.56 Å². The minimum atomic E-state index is -0.634. The molecule has 8 nitrogen and oxygen atoms in total. The predicted molar refractivity (Wildman–Crippen MR) is 80.9 cm³/mol. The quantitative estimate of drug-likeness (QED) is 0.278. The zero-order valence-corrected chi connectivity index (χ0v) is 12.7. The molecule has 0 radical (unpaired) electrons. The van der Waals surface area contributed by atoms with Crippen LogP contribution in [0.25, 0.3) is 6.08 Å². The van der Waals surface area contributed by atoms with E-state index < -0.39 is 16.9 Å². The number of rotatable bonds is 4. The van der Waals surface area contributed by atoms with E-state index in [0.717, 1.165) is 17.0 Å². The van der Waals surface area contributed by atoms with Crippen molar-refractivity contribution in [3.8, 4) is 5.75 Å². The molecule has 0 unspecified atom stereocenters. The molecule has 0 spiro atoms. The van der Waals surface area contributed by atoms with Gasteiger partial charge in [0.2, 0.25) is 0 Å². The Morgan fingerprint density at radius 1 is 1.45 bits per heavy atom.